The van der Waals surface area contributed by atoms with Gasteiger partial charge in [-0.1, -0.05) is 34.1 Å². The molecule has 1 aromatic heterocycles. The van der Waals surface area contributed by atoms with E-state index in [2.05, 4.69) is 20.9 Å². The molecule has 0 fully saturated rings. The second-order valence-electron chi connectivity index (χ2n) is 5.33. The van der Waals surface area contributed by atoms with E-state index in [1.807, 2.05) is 73.7 Å². The molecule has 0 N–H and O–H groups in total. The lowest BCUT2D eigenvalue weighted by Crippen LogP contribution is -2.04. The highest BCUT2D eigenvalue weighted by atomic mass is 79.9. The van der Waals surface area contributed by atoms with Crippen LogP contribution in [0.3, 0.4) is 0 Å². The zero-order valence-electron chi connectivity index (χ0n) is 13.2. The summed E-state index contributed by atoms with van der Waals surface area (Å²) in [5, 5.41) is 0.306. The van der Waals surface area contributed by atoms with E-state index < -0.39 is 0 Å². The van der Waals surface area contributed by atoms with Gasteiger partial charge >= 0.3 is 0 Å². The second kappa shape index (κ2) is 7.41. The topological polar surface area (TPSA) is 39.2 Å². The summed E-state index contributed by atoms with van der Waals surface area (Å²) < 4.78 is 5.79. The van der Waals surface area contributed by atoms with E-state index in [0.717, 1.165) is 28.5 Å². The van der Waals surface area contributed by atoms with E-state index in [1.165, 1.54) is 0 Å². The monoisotopic (exact) mass is 381 g/mol. The summed E-state index contributed by atoms with van der Waals surface area (Å²) in [6, 6.07) is 21.1. The molecule has 0 atom stereocenters. The normalized spacial score (nSPS) is 10.4. The number of nitrogens with zero attached hydrogens (tertiary/aromatic N) is 1. The zero-order valence-corrected chi connectivity index (χ0v) is 14.8. The van der Waals surface area contributed by atoms with Crippen molar-refractivity contribution in [2.45, 2.75) is 6.92 Å². The molecule has 0 unspecified atom stereocenters. The highest BCUT2D eigenvalue weighted by Crippen LogP contribution is 2.25. The van der Waals surface area contributed by atoms with Crippen LogP contribution in [0.1, 0.15) is 16.1 Å². The molecule has 3 nitrogen and oxygen atoms in total. The number of ether oxygens (including phenoxy) is 1. The second-order valence-corrected chi connectivity index (χ2v) is 5.89. The number of alkyl halides is 1. The molecule has 0 saturated carbocycles. The van der Waals surface area contributed by atoms with Gasteiger partial charge in [0.05, 0.1) is 11.0 Å². The molecule has 3 aromatic rings. The minimum Gasteiger partial charge on any atom is -0.457 e. The van der Waals surface area contributed by atoms with Crippen molar-refractivity contribution in [1.29, 1.82) is 0 Å². The number of aryl methyl sites for hydroxylation is 1. The highest BCUT2D eigenvalue weighted by molar-refractivity contribution is 9.09. The predicted octanol–water partition coefficient (Wildman–Crippen LogP) is 5.43. The molecule has 120 valence electrons. The molecule has 2 aromatic carbocycles. The van der Waals surface area contributed by atoms with Crippen LogP contribution in [-0.2, 0) is 0 Å². The van der Waals surface area contributed by atoms with Gasteiger partial charge in [-0.2, -0.15) is 0 Å². The Morgan fingerprint density at radius 2 is 1.62 bits per heavy atom. The van der Waals surface area contributed by atoms with Gasteiger partial charge in [-0.3, -0.25) is 9.78 Å². The minimum absolute atomic E-state index is 0.0400. The Morgan fingerprint density at radius 1 is 0.958 bits per heavy atom. The molecule has 24 heavy (non-hydrogen) atoms. The molecular formula is C20H16BrNO2. The molecule has 0 aliphatic carbocycles. The maximum absolute atomic E-state index is 11.8. The number of carbonyl (C=O) groups is 1. The molecule has 0 aliphatic rings. The summed E-state index contributed by atoms with van der Waals surface area (Å²) in [5.41, 5.74) is 3.21. The number of rotatable bonds is 5. The summed E-state index contributed by atoms with van der Waals surface area (Å²) in [7, 11) is 0. The lowest BCUT2D eigenvalue weighted by molar-refractivity contribution is 0.102. The SMILES string of the molecule is Cc1nc(-c2ccc(Oc3ccccc3)cc2)ccc1C(=O)CBr. The Balaban J connectivity index is 1.81. The number of benzene rings is 2. The van der Waals surface area contributed by atoms with Gasteiger partial charge in [-0.05, 0) is 55.5 Å². The minimum atomic E-state index is 0.0400. The largest absolute Gasteiger partial charge is 0.457 e. The predicted molar refractivity (Wildman–Crippen MR) is 99.1 cm³/mol. The molecule has 3 rings (SSSR count). The Hall–Kier alpha value is -2.46. The van der Waals surface area contributed by atoms with Crippen molar-refractivity contribution in [3.8, 4) is 22.8 Å². The van der Waals surface area contributed by atoms with Gasteiger partial charge in [0, 0.05) is 16.8 Å². The first-order valence-electron chi connectivity index (χ1n) is 7.57. The van der Waals surface area contributed by atoms with Gasteiger partial charge in [0.15, 0.2) is 5.78 Å². The molecule has 0 amide bonds. The van der Waals surface area contributed by atoms with Crippen molar-refractivity contribution >= 4 is 21.7 Å². The molecule has 0 bridgehead atoms. The number of hydrogen-bond donors (Lipinski definition) is 0. The van der Waals surface area contributed by atoms with Gasteiger partial charge in [-0.15, -0.1) is 0 Å². The summed E-state index contributed by atoms with van der Waals surface area (Å²) in [6.45, 7) is 1.85. The third-order valence-corrected chi connectivity index (χ3v) is 4.15. The Labute approximate surface area is 149 Å². The smallest absolute Gasteiger partial charge is 0.175 e. The van der Waals surface area contributed by atoms with Gasteiger partial charge in [-0.25, -0.2) is 0 Å². The Morgan fingerprint density at radius 3 is 2.25 bits per heavy atom. The van der Waals surface area contributed by atoms with Crippen LogP contribution in [0.25, 0.3) is 11.3 Å². The number of ketones is 1. The number of para-hydroxylation sites is 1. The quantitative estimate of drug-likeness (QED) is 0.437. The van der Waals surface area contributed by atoms with Crippen molar-refractivity contribution in [2.75, 3.05) is 5.33 Å². The third-order valence-electron chi connectivity index (χ3n) is 3.64. The molecule has 0 aliphatic heterocycles. The molecule has 0 saturated heterocycles. The number of Topliss-reactive ketones (excluding diaryl/α,β-unsaturated/α-hetero) is 1. The van der Waals surface area contributed by atoms with Gasteiger partial charge < -0.3 is 4.74 Å². The molecular weight excluding hydrogens is 366 g/mol. The summed E-state index contributed by atoms with van der Waals surface area (Å²) >= 11 is 3.19. The van der Waals surface area contributed by atoms with Crippen LogP contribution in [0.4, 0.5) is 0 Å². The average Bonchev–Trinajstić information content (AvgIpc) is 2.62. The number of aromatic nitrogens is 1. The number of carbonyl (C=O) groups excluding carboxylic acids is 1. The van der Waals surface area contributed by atoms with Gasteiger partial charge in [0.2, 0.25) is 0 Å². The van der Waals surface area contributed by atoms with Gasteiger partial charge in [0.25, 0.3) is 0 Å². The Bertz CT molecular complexity index is 845. The van der Waals surface area contributed by atoms with Crippen LogP contribution >= 0.6 is 15.9 Å². The van der Waals surface area contributed by atoms with Crippen LogP contribution in [-0.4, -0.2) is 16.1 Å². The molecule has 0 radical (unpaired) electrons. The zero-order chi connectivity index (χ0) is 16.9. The average molecular weight is 382 g/mol. The van der Waals surface area contributed by atoms with E-state index in [9.17, 15) is 4.79 Å². The summed E-state index contributed by atoms with van der Waals surface area (Å²) in [4.78, 5) is 16.3. The van der Waals surface area contributed by atoms with E-state index in [0.29, 0.717) is 10.9 Å². The maximum atomic E-state index is 11.8. The van der Waals surface area contributed by atoms with Gasteiger partial charge in [0.1, 0.15) is 11.5 Å². The molecule has 0 spiro atoms. The standard InChI is InChI=1S/C20H16BrNO2/c1-14-18(20(23)13-21)11-12-19(22-14)15-7-9-17(10-8-15)24-16-5-3-2-4-6-16/h2-12H,13H2,1H3. The first-order valence-corrected chi connectivity index (χ1v) is 8.69. The summed E-state index contributed by atoms with van der Waals surface area (Å²) in [6.07, 6.45) is 0. The van der Waals surface area contributed by atoms with Crippen molar-refractivity contribution in [3.05, 3.63) is 78.0 Å². The number of pyridine rings is 1. The van der Waals surface area contributed by atoms with Crippen LogP contribution < -0.4 is 4.74 Å². The first kappa shape index (κ1) is 16.4. The number of hydrogen-bond acceptors (Lipinski definition) is 3. The van der Waals surface area contributed by atoms with E-state index >= 15 is 0 Å². The molecule has 4 heteroatoms. The summed E-state index contributed by atoms with van der Waals surface area (Å²) in [5.74, 6) is 1.61. The van der Waals surface area contributed by atoms with Crippen LogP contribution in [0.15, 0.2) is 66.7 Å². The maximum Gasteiger partial charge on any atom is 0.175 e. The van der Waals surface area contributed by atoms with Crippen LogP contribution in [0.5, 0.6) is 11.5 Å². The van der Waals surface area contributed by atoms with Crippen molar-refractivity contribution in [2.24, 2.45) is 0 Å². The van der Waals surface area contributed by atoms with Crippen molar-refractivity contribution in [3.63, 3.8) is 0 Å². The van der Waals surface area contributed by atoms with Crippen LogP contribution in [0, 0.1) is 6.92 Å². The lowest BCUT2D eigenvalue weighted by atomic mass is 10.1. The third kappa shape index (κ3) is 3.71. The molecule has 1 heterocycles. The van der Waals surface area contributed by atoms with E-state index in [1.54, 1.807) is 0 Å². The fourth-order valence-corrected chi connectivity index (χ4v) is 2.71. The van der Waals surface area contributed by atoms with Crippen molar-refractivity contribution in [1.82, 2.24) is 4.98 Å². The highest BCUT2D eigenvalue weighted by Gasteiger charge is 2.10. The number of halogens is 1. The van der Waals surface area contributed by atoms with Crippen LogP contribution in [0.2, 0.25) is 0 Å². The first-order chi connectivity index (χ1) is 11.7. The fraction of sp³-hybridized carbons (Fsp3) is 0.100. The van der Waals surface area contributed by atoms with E-state index in [4.69, 9.17) is 4.74 Å². The van der Waals surface area contributed by atoms with Crippen molar-refractivity contribution < 1.29 is 9.53 Å². The Kier molecular flexibility index (Phi) is 5.06. The van der Waals surface area contributed by atoms with E-state index in [-0.39, 0.29) is 5.78 Å². The fourth-order valence-electron chi connectivity index (χ4n) is 2.41. The lowest BCUT2D eigenvalue weighted by Gasteiger charge is -2.08.